The highest BCUT2D eigenvalue weighted by molar-refractivity contribution is 7.18. The number of nitrogens with one attached hydrogen (secondary N) is 1. The Bertz CT molecular complexity index is 992. The highest BCUT2D eigenvalue weighted by Crippen LogP contribution is 2.37. The number of carbonyl (C=O) groups excluding carboxylic acids is 3. The largest absolute Gasteiger partial charge is 0.479 e. The molecule has 2 aliphatic heterocycles. The minimum atomic E-state index is -0.564. The Hall–Kier alpha value is -2.58. The third-order valence-corrected chi connectivity index (χ3v) is 6.38. The molecule has 0 saturated carbocycles. The molecule has 2 aliphatic rings. The molecule has 0 bridgehead atoms. The zero-order chi connectivity index (χ0) is 20.7. The summed E-state index contributed by atoms with van der Waals surface area (Å²) in [6.45, 7) is 2.62. The molecule has 0 aliphatic carbocycles. The molecule has 3 heterocycles. The topological polar surface area (TPSA) is 79.0 Å². The molecule has 4 rings (SSSR count). The summed E-state index contributed by atoms with van der Waals surface area (Å²) in [5, 5.41) is 2.88. The van der Waals surface area contributed by atoms with E-state index in [1.807, 2.05) is 6.07 Å². The van der Waals surface area contributed by atoms with Crippen molar-refractivity contribution >= 4 is 52.0 Å². The summed E-state index contributed by atoms with van der Waals surface area (Å²) < 4.78 is 6.27. The van der Waals surface area contributed by atoms with Crippen molar-refractivity contribution in [2.75, 3.05) is 29.9 Å². The summed E-state index contributed by atoms with van der Waals surface area (Å²) in [5.74, 6) is 0.303. The van der Waals surface area contributed by atoms with Gasteiger partial charge in [-0.15, -0.1) is 11.3 Å². The summed E-state index contributed by atoms with van der Waals surface area (Å²) in [5.41, 5.74) is 1.41. The molecule has 0 radical (unpaired) electrons. The molecule has 152 valence electrons. The maximum atomic E-state index is 12.5. The van der Waals surface area contributed by atoms with Gasteiger partial charge in [0.25, 0.3) is 11.8 Å². The zero-order valence-corrected chi connectivity index (χ0v) is 17.5. The Labute approximate surface area is 177 Å². The summed E-state index contributed by atoms with van der Waals surface area (Å²) in [6, 6.07) is 8.77. The lowest BCUT2D eigenvalue weighted by Gasteiger charge is -2.31. The number of halogens is 1. The van der Waals surface area contributed by atoms with Crippen molar-refractivity contribution in [2.24, 2.45) is 5.92 Å². The fourth-order valence-corrected chi connectivity index (χ4v) is 4.56. The quantitative estimate of drug-likeness (QED) is 0.804. The van der Waals surface area contributed by atoms with Crippen LogP contribution in [0.15, 0.2) is 30.3 Å². The van der Waals surface area contributed by atoms with E-state index < -0.39 is 6.10 Å². The molecular formula is C20H20ClN3O4S. The number of hydrogen-bond donors (Lipinski definition) is 1. The van der Waals surface area contributed by atoms with Crippen molar-refractivity contribution in [2.45, 2.75) is 19.4 Å². The number of hydrogen-bond acceptors (Lipinski definition) is 5. The van der Waals surface area contributed by atoms with Gasteiger partial charge in [0.2, 0.25) is 5.91 Å². The first-order chi connectivity index (χ1) is 13.8. The van der Waals surface area contributed by atoms with Crippen molar-refractivity contribution in [3.63, 3.8) is 0 Å². The van der Waals surface area contributed by atoms with Crippen LogP contribution in [0.3, 0.4) is 0 Å². The van der Waals surface area contributed by atoms with Gasteiger partial charge in [-0.1, -0.05) is 11.6 Å². The molecule has 1 aromatic heterocycles. The lowest BCUT2D eigenvalue weighted by molar-refractivity contribution is -0.125. The first-order valence-electron chi connectivity index (χ1n) is 9.25. The molecule has 1 unspecified atom stereocenters. The molecule has 3 amide bonds. The standard InChI is InChI=1S/C20H20ClN3O4S/c1-11-20(27)23(2)14-4-3-13(8-15(14)28-11)24-10-12(7-18(24)25)9-22-19(26)16-5-6-17(21)29-16/h3-6,8,11-12H,7,9-10H2,1-2H3,(H,22,26)/t11?,12-/m0/s1. The van der Waals surface area contributed by atoms with Gasteiger partial charge >= 0.3 is 0 Å². The maximum Gasteiger partial charge on any atom is 0.267 e. The number of nitrogens with zero attached hydrogens (tertiary/aromatic N) is 2. The normalized spacial score (nSPS) is 21.2. The van der Waals surface area contributed by atoms with Crippen LogP contribution in [0, 0.1) is 5.92 Å². The minimum Gasteiger partial charge on any atom is -0.479 e. The van der Waals surface area contributed by atoms with E-state index in [1.165, 1.54) is 11.3 Å². The van der Waals surface area contributed by atoms with E-state index in [2.05, 4.69) is 5.32 Å². The maximum absolute atomic E-state index is 12.5. The molecule has 29 heavy (non-hydrogen) atoms. The van der Waals surface area contributed by atoms with Gasteiger partial charge in [-0.25, -0.2) is 0 Å². The highest BCUT2D eigenvalue weighted by Gasteiger charge is 2.33. The van der Waals surface area contributed by atoms with Crippen LogP contribution in [0.2, 0.25) is 4.34 Å². The third kappa shape index (κ3) is 3.82. The Morgan fingerprint density at radius 3 is 2.83 bits per heavy atom. The van der Waals surface area contributed by atoms with Crippen LogP contribution in [-0.2, 0) is 9.59 Å². The smallest absolute Gasteiger partial charge is 0.267 e. The van der Waals surface area contributed by atoms with Gasteiger partial charge in [-0.3, -0.25) is 14.4 Å². The summed E-state index contributed by atoms with van der Waals surface area (Å²) >= 11 is 7.09. The number of thiophene rings is 1. The molecule has 1 saturated heterocycles. The van der Waals surface area contributed by atoms with Gasteiger partial charge in [-0.05, 0) is 31.2 Å². The number of amides is 3. The van der Waals surface area contributed by atoms with E-state index in [9.17, 15) is 14.4 Å². The molecule has 2 atom stereocenters. The second-order valence-corrected chi connectivity index (χ2v) is 8.91. The SMILES string of the molecule is CC1Oc2cc(N3C[C@H](CNC(=O)c4ccc(Cl)s4)CC3=O)ccc2N(C)C1=O. The Balaban J connectivity index is 1.43. The van der Waals surface area contributed by atoms with Crippen LogP contribution < -0.4 is 19.9 Å². The first kappa shape index (κ1) is 19.7. The number of rotatable bonds is 4. The second kappa shape index (κ2) is 7.68. The Kier molecular flexibility index (Phi) is 5.23. The van der Waals surface area contributed by atoms with E-state index in [4.69, 9.17) is 16.3 Å². The highest BCUT2D eigenvalue weighted by atomic mass is 35.5. The van der Waals surface area contributed by atoms with Gasteiger partial charge in [0.1, 0.15) is 5.75 Å². The van der Waals surface area contributed by atoms with Gasteiger partial charge in [-0.2, -0.15) is 0 Å². The molecule has 1 fully saturated rings. The predicted octanol–water partition coefficient (Wildman–Crippen LogP) is 2.93. The van der Waals surface area contributed by atoms with Crippen molar-refractivity contribution in [1.29, 1.82) is 0 Å². The number of ether oxygens (including phenoxy) is 1. The fourth-order valence-electron chi connectivity index (χ4n) is 3.60. The van der Waals surface area contributed by atoms with E-state index in [-0.39, 0.29) is 23.6 Å². The van der Waals surface area contributed by atoms with E-state index in [0.717, 1.165) is 5.69 Å². The lowest BCUT2D eigenvalue weighted by Crippen LogP contribution is -2.42. The first-order valence-corrected chi connectivity index (χ1v) is 10.4. The molecule has 0 spiro atoms. The zero-order valence-electron chi connectivity index (χ0n) is 16.0. The molecule has 1 aromatic carbocycles. The molecule has 1 N–H and O–H groups in total. The number of anilines is 2. The van der Waals surface area contributed by atoms with Crippen LogP contribution in [0.5, 0.6) is 5.75 Å². The van der Waals surface area contributed by atoms with E-state index in [1.54, 1.807) is 48.0 Å². The number of likely N-dealkylation sites (N-methyl/N-ethyl adjacent to an activating group) is 1. The third-order valence-electron chi connectivity index (χ3n) is 5.15. The molecular weight excluding hydrogens is 414 g/mol. The fraction of sp³-hybridized carbons (Fsp3) is 0.350. The Morgan fingerprint density at radius 2 is 2.10 bits per heavy atom. The number of carbonyl (C=O) groups is 3. The molecule has 7 nitrogen and oxygen atoms in total. The Morgan fingerprint density at radius 1 is 1.31 bits per heavy atom. The van der Waals surface area contributed by atoms with Crippen LogP contribution in [0.25, 0.3) is 0 Å². The number of fused-ring (bicyclic) bond motifs is 1. The van der Waals surface area contributed by atoms with Crippen molar-refractivity contribution in [3.05, 3.63) is 39.5 Å². The van der Waals surface area contributed by atoms with E-state index in [0.29, 0.717) is 40.2 Å². The van der Waals surface area contributed by atoms with Gasteiger partial charge in [0.05, 0.1) is 14.9 Å². The van der Waals surface area contributed by atoms with Crippen LogP contribution >= 0.6 is 22.9 Å². The average molecular weight is 434 g/mol. The van der Waals surface area contributed by atoms with Gasteiger partial charge in [0.15, 0.2) is 6.10 Å². The summed E-state index contributed by atoms with van der Waals surface area (Å²) in [7, 11) is 1.71. The van der Waals surface area contributed by atoms with Gasteiger partial charge in [0, 0.05) is 44.2 Å². The van der Waals surface area contributed by atoms with Crippen LogP contribution in [0.1, 0.15) is 23.0 Å². The van der Waals surface area contributed by atoms with Crippen molar-refractivity contribution in [3.8, 4) is 5.75 Å². The summed E-state index contributed by atoms with van der Waals surface area (Å²) in [4.78, 5) is 40.6. The lowest BCUT2D eigenvalue weighted by atomic mass is 10.1. The summed E-state index contributed by atoms with van der Waals surface area (Å²) in [6.07, 6.45) is -0.205. The van der Waals surface area contributed by atoms with E-state index >= 15 is 0 Å². The monoisotopic (exact) mass is 433 g/mol. The van der Waals surface area contributed by atoms with Crippen LogP contribution in [-0.4, -0.2) is 44.0 Å². The molecule has 9 heteroatoms. The second-order valence-electron chi connectivity index (χ2n) is 7.20. The minimum absolute atomic E-state index is 0.00310. The van der Waals surface area contributed by atoms with Crippen molar-refractivity contribution in [1.82, 2.24) is 5.32 Å². The average Bonchev–Trinajstić information content (AvgIpc) is 3.29. The predicted molar refractivity (Wildman–Crippen MR) is 112 cm³/mol. The van der Waals surface area contributed by atoms with Crippen LogP contribution in [0.4, 0.5) is 11.4 Å². The van der Waals surface area contributed by atoms with Gasteiger partial charge < -0.3 is 19.9 Å². The number of benzene rings is 1. The molecule has 2 aromatic rings. The van der Waals surface area contributed by atoms with Crippen molar-refractivity contribution < 1.29 is 19.1 Å².